The molecule has 5 rings (SSSR count). The molecule has 1 aliphatic rings. The second kappa shape index (κ2) is 11.3. The Labute approximate surface area is 217 Å². The summed E-state index contributed by atoms with van der Waals surface area (Å²) >= 11 is 0. The van der Waals surface area contributed by atoms with Crippen molar-refractivity contribution in [2.45, 2.75) is 38.6 Å². The van der Waals surface area contributed by atoms with Crippen LogP contribution in [-0.2, 0) is 11.2 Å². The SMILES string of the molecule is CCC(Cc1ccccc1)NC(=O)C1CCCN(C(=O)c2cnn(-c3ccccc3)c2-n2cccc2)C1. The molecule has 3 heterocycles. The van der Waals surface area contributed by atoms with Crippen molar-refractivity contribution >= 4 is 11.8 Å². The Morgan fingerprint density at radius 2 is 1.70 bits per heavy atom. The molecule has 1 fully saturated rings. The largest absolute Gasteiger partial charge is 0.353 e. The van der Waals surface area contributed by atoms with E-state index in [4.69, 9.17) is 0 Å². The molecule has 37 heavy (non-hydrogen) atoms. The maximum absolute atomic E-state index is 13.8. The van der Waals surface area contributed by atoms with Crippen LogP contribution < -0.4 is 5.32 Å². The summed E-state index contributed by atoms with van der Waals surface area (Å²) in [5.74, 6) is 0.411. The fraction of sp³-hybridized carbons (Fsp3) is 0.300. The van der Waals surface area contributed by atoms with E-state index in [2.05, 4.69) is 29.5 Å². The molecular formula is C30H33N5O2. The number of carbonyl (C=O) groups excluding carboxylic acids is 2. The average Bonchev–Trinajstić information content (AvgIpc) is 3.63. The number of hydrogen-bond acceptors (Lipinski definition) is 3. The Bertz CT molecular complexity index is 1310. The summed E-state index contributed by atoms with van der Waals surface area (Å²) in [6, 6.07) is 24.0. The van der Waals surface area contributed by atoms with E-state index >= 15 is 0 Å². The van der Waals surface area contributed by atoms with Gasteiger partial charge in [-0.3, -0.25) is 9.59 Å². The predicted octanol–water partition coefficient (Wildman–Crippen LogP) is 4.65. The molecule has 2 amide bonds. The third kappa shape index (κ3) is 5.50. The maximum Gasteiger partial charge on any atom is 0.259 e. The van der Waals surface area contributed by atoms with E-state index < -0.39 is 0 Å². The minimum Gasteiger partial charge on any atom is -0.353 e. The summed E-state index contributed by atoms with van der Waals surface area (Å²) in [6.45, 7) is 3.14. The molecule has 0 radical (unpaired) electrons. The lowest BCUT2D eigenvalue weighted by atomic mass is 9.95. The standard InChI is InChI=1S/C30H33N5O2/c1-2-25(20-23-12-5-3-6-13-23)32-28(36)24-14-11-19-34(22-24)30(37)27-21-31-35(26-15-7-4-8-16-26)29(27)33-17-9-10-18-33/h3-10,12-13,15-18,21,24-25H,2,11,14,19-20,22H2,1H3,(H,32,36). The highest BCUT2D eigenvalue weighted by Crippen LogP contribution is 2.24. The summed E-state index contributed by atoms with van der Waals surface area (Å²) in [6.07, 6.45) is 8.71. The quantitative estimate of drug-likeness (QED) is 0.387. The molecule has 1 N–H and O–H groups in total. The van der Waals surface area contributed by atoms with Crippen LogP contribution in [0, 0.1) is 5.92 Å². The van der Waals surface area contributed by atoms with Crippen molar-refractivity contribution in [3.05, 3.63) is 103 Å². The number of aromatic nitrogens is 3. The van der Waals surface area contributed by atoms with Crippen LogP contribution in [0.2, 0.25) is 0 Å². The van der Waals surface area contributed by atoms with Crippen molar-refractivity contribution < 1.29 is 9.59 Å². The molecule has 7 heteroatoms. The summed E-state index contributed by atoms with van der Waals surface area (Å²) in [4.78, 5) is 28.8. The third-order valence-corrected chi connectivity index (χ3v) is 7.07. The first-order chi connectivity index (χ1) is 18.1. The molecule has 2 atom stereocenters. The second-order valence-corrected chi connectivity index (χ2v) is 9.61. The molecule has 190 valence electrons. The number of amides is 2. The van der Waals surface area contributed by atoms with Gasteiger partial charge in [0.2, 0.25) is 5.91 Å². The Hall–Kier alpha value is -4.13. The van der Waals surface area contributed by atoms with Crippen LogP contribution in [0.3, 0.4) is 0 Å². The molecule has 1 aliphatic heterocycles. The van der Waals surface area contributed by atoms with Crippen LogP contribution in [0.1, 0.15) is 42.1 Å². The van der Waals surface area contributed by atoms with Gasteiger partial charge in [-0.2, -0.15) is 5.10 Å². The van der Waals surface area contributed by atoms with Gasteiger partial charge in [0.25, 0.3) is 5.91 Å². The van der Waals surface area contributed by atoms with E-state index in [-0.39, 0.29) is 23.8 Å². The highest BCUT2D eigenvalue weighted by atomic mass is 16.2. The minimum absolute atomic E-state index is 0.0332. The number of rotatable bonds is 8. The van der Waals surface area contributed by atoms with E-state index in [0.29, 0.717) is 24.5 Å². The lowest BCUT2D eigenvalue weighted by molar-refractivity contribution is -0.127. The third-order valence-electron chi connectivity index (χ3n) is 7.07. The number of likely N-dealkylation sites (tertiary alicyclic amines) is 1. The molecule has 2 unspecified atom stereocenters. The van der Waals surface area contributed by atoms with Crippen molar-refractivity contribution in [3.8, 4) is 11.5 Å². The summed E-state index contributed by atoms with van der Waals surface area (Å²) in [7, 11) is 0. The van der Waals surface area contributed by atoms with Gasteiger partial charge in [-0.25, -0.2) is 4.68 Å². The van der Waals surface area contributed by atoms with E-state index in [1.54, 1.807) is 10.9 Å². The van der Waals surface area contributed by atoms with Gasteiger partial charge >= 0.3 is 0 Å². The van der Waals surface area contributed by atoms with Crippen LogP contribution >= 0.6 is 0 Å². The van der Waals surface area contributed by atoms with Gasteiger partial charge in [-0.1, -0.05) is 55.5 Å². The van der Waals surface area contributed by atoms with Crippen molar-refractivity contribution in [1.29, 1.82) is 0 Å². The second-order valence-electron chi connectivity index (χ2n) is 9.61. The molecule has 2 aromatic heterocycles. The zero-order chi connectivity index (χ0) is 25.6. The van der Waals surface area contributed by atoms with Crippen LogP contribution in [0.5, 0.6) is 0 Å². The zero-order valence-corrected chi connectivity index (χ0v) is 21.2. The van der Waals surface area contributed by atoms with E-state index in [9.17, 15) is 9.59 Å². The van der Waals surface area contributed by atoms with Crippen molar-refractivity contribution in [2.24, 2.45) is 5.92 Å². The number of benzene rings is 2. The van der Waals surface area contributed by atoms with Gasteiger partial charge in [0.1, 0.15) is 5.56 Å². The topological polar surface area (TPSA) is 72.2 Å². The molecule has 0 saturated carbocycles. The van der Waals surface area contributed by atoms with E-state index in [0.717, 1.165) is 31.4 Å². The van der Waals surface area contributed by atoms with Crippen LogP contribution in [-0.4, -0.2) is 50.2 Å². The van der Waals surface area contributed by atoms with Gasteiger partial charge in [-0.05, 0) is 55.5 Å². The lowest BCUT2D eigenvalue weighted by Gasteiger charge is -2.33. The number of nitrogens with zero attached hydrogens (tertiary/aromatic N) is 4. The normalized spacial score (nSPS) is 16.4. The number of hydrogen-bond donors (Lipinski definition) is 1. The Morgan fingerprint density at radius 1 is 1.00 bits per heavy atom. The fourth-order valence-corrected chi connectivity index (χ4v) is 5.04. The highest BCUT2D eigenvalue weighted by molar-refractivity contribution is 5.97. The molecule has 4 aromatic rings. The van der Waals surface area contributed by atoms with Gasteiger partial charge in [0.05, 0.1) is 17.8 Å². The molecular weight excluding hydrogens is 462 g/mol. The minimum atomic E-state index is -0.221. The van der Waals surface area contributed by atoms with Gasteiger partial charge in [-0.15, -0.1) is 0 Å². The molecule has 0 spiro atoms. The van der Waals surface area contributed by atoms with Gasteiger partial charge < -0.3 is 14.8 Å². The maximum atomic E-state index is 13.8. The van der Waals surface area contributed by atoms with Crippen LogP contribution in [0.25, 0.3) is 11.5 Å². The van der Waals surface area contributed by atoms with Crippen molar-refractivity contribution in [1.82, 2.24) is 24.6 Å². The summed E-state index contributed by atoms with van der Waals surface area (Å²) in [5, 5.41) is 7.82. The smallest absolute Gasteiger partial charge is 0.259 e. The molecule has 0 bridgehead atoms. The first-order valence-electron chi connectivity index (χ1n) is 13.0. The van der Waals surface area contributed by atoms with Crippen LogP contribution in [0.4, 0.5) is 0 Å². The first-order valence-corrected chi connectivity index (χ1v) is 13.0. The summed E-state index contributed by atoms with van der Waals surface area (Å²) in [5.41, 5.74) is 2.62. The van der Waals surface area contributed by atoms with Gasteiger partial charge in [0, 0.05) is 31.5 Å². The van der Waals surface area contributed by atoms with Crippen molar-refractivity contribution in [2.75, 3.05) is 13.1 Å². The molecule has 2 aromatic carbocycles. The Morgan fingerprint density at radius 3 is 2.41 bits per heavy atom. The Kier molecular flexibility index (Phi) is 7.49. The average molecular weight is 496 g/mol. The number of para-hydroxylation sites is 1. The molecule has 1 saturated heterocycles. The molecule has 7 nitrogen and oxygen atoms in total. The Balaban J connectivity index is 1.32. The lowest BCUT2D eigenvalue weighted by Crippen LogP contribution is -2.48. The predicted molar refractivity (Wildman–Crippen MR) is 144 cm³/mol. The van der Waals surface area contributed by atoms with Crippen molar-refractivity contribution in [3.63, 3.8) is 0 Å². The van der Waals surface area contributed by atoms with E-state index in [1.165, 1.54) is 5.56 Å². The first kappa shape index (κ1) is 24.6. The number of carbonyl (C=O) groups is 2. The number of nitrogens with one attached hydrogen (secondary N) is 1. The van der Waals surface area contributed by atoms with Gasteiger partial charge in [0.15, 0.2) is 5.82 Å². The molecule has 0 aliphatic carbocycles. The fourth-order valence-electron chi connectivity index (χ4n) is 5.04. The summed E-state index contributed by atoms with van der Waals surface area (Å²) < 4.78 is 3.70. The zero-order valence-electron chi connectivity index (χ0n) is 21.2. The van der Waals surface area contributed by atoms with Crippen LogP contribution in [0.15, 0.2) is 91.4 Å². The highest BCUT2D eigenvalue weighted by Gasteiger charge is 2.32. The monoisotopic (exact) mass is 495 g/mol. The number of piperidine rings is 1. The van der Waals surface area contributed by atoms with E-state index in [1.807, 2.05) is 82.5 Å².